The van der Waals surface area contributed by atoms with Crippen molar-refractivity contribution in [3.8, 4) is 0 Å². The van der Waals surface area contributed by atoms with E-state index in [4.69, 9.17) is 0 Å². The molecule has 1 atom stereocenters. The van der Waals surface area contributed by atoms with Crippen LogP contribution >= 0.6 is 11.8 Å². The van der Waals surface area contributed by atoms with Crippen LogP contribution in [0.25, 0.3) is 0 Å². The molecule has 12 heavy (non-hydrogen) atoms. The number of carbonyl (C=O) groups excluding carboxylic acids is 1. The Labute approximate surface area is 77.0 Å². The van der Waals surface area contributed by atoms with Gasteiger partial charge in [0.2, 0.25) is 5.91 Å². The second-order valence-electron chi connectivity index (χ2n) is 4.01. The van der Waals surface area contributed by atoms with E-state index in [9.17, 15) is 4.79 Å². The lowest BCUT2D eigenvalue weighted by Crippen LogP contribution is -2.61. The Kier molecular flexibility index (Phi) is 1.41. The zero-order valence-electron chi connectivity index (χ0n) is 7.84. The van der Waals surface area contributed by atoms with E-state index in [0.29, 0.717) is 5.37 Å². The van der Waals surface area contributed by atoms with Gasteiger partial charge in [0.25, 0.3) is 0 Å². The Bertz CT molecular complexity index is 293. The molecule has 0 spiro atoms. The molecule has 0 aliphatic carbocycles. The molecule has 2 aliphatic heterocycles. The molecule has 66 valence electrons. The van der Waals surface area contributed by atoms with Crippen LogP contribution in [0.4, 0.5) is 0 Å². The van der Waals surface area contributed by atoms with Gasteiger partial charge < -0.3 is 4.90 Å². The minimum Gasteiger partial charge on any atom is -0.301 e. The van der Waals surface area contributed by atoms with Gasteiger partial charge in [0.15, 0.2) is 0 Å². The predicted octanol–water partition coefficient (Wildman–Crippen LogP) is 2.18. The van der Waals surface area contributed by atoms with E-state index in [1.807, 2.05) is 37.4 Å². The van der Waals surface area contributed by atoms with Crippen LogP contribution in [0.5, 0.6) is 0 Å². The highest BCUT2D eigenvalue weighted by atomic mass is 32.2. The second-order valence-corrected chi connectivity index (χ2v) is 5.30. The highest BCUT2D eigenvalue weighted by molar-refractivity contribution is 8.04. The van der Waals surface area contributed by atoms with Crippen molar-refractivity contribution in [3.05, 3.63) is 10.6 Å². The molecule has 2 rings (SSSR count). The summed E-state index contributed by atoms with van der Waals surface area (Å²) >= 11 is 1.82. The van der Waals surface area contributed by atoms with E-state index in [2.05, 4.69) is 6.92 Å². The molecular weight excluding hydrogens is 170 g/mol. The Morgan fingerprint density at radius 3 is 2.50 bits per heavy atom. The van der Waals surface area contributed by atoms with Crippen molar-refractivity contribution in [1.29, 1.82) is 0 Å². The summed E-state index contributed by atoms with van der Waals surface area (Å²) in [7, 11) is 0. The molecule has 0 N–H and O–H groups in total. The van der Waals surface area contributed by atoms with Gasteiger partial charge in [0.1, 0.15) is 5.37 Å². The standard InChI is InChI=1S/C9H13NOS/c1-5-6(2)12-8-9(3,4)7(11)10(5)8/h8H,1-4H3/t8-/m0/s1. The molecule has 2 heterocycles. The van der Waals surface area contributed by atoms with Gasteiger partial charge in [-0.15, -0.1) is 11.8 Å². The van der Waals surface area contributed by atoms with E-state index in [0.717, 1.165) is 5.70 Å². The fraction of sp³-hybridized carbons (Fsp3) is 0.667. The summed E-state index contributed by atoms with van der Waals surface area (Å²) in [6, 6.07) is 0. The molecule has 1 amide bonds. The first-order chi connectivity index (χ1) is 5.46. The molecule has 1 saturated heterocycles. The highest BCUT2D eigenvalue weighted by Gasteiger charge is 2.58. The molecule has 0 aromatic heterocycles. The predicted molar refractivity (Wildman–Crippen MR) is 50.4 cm³/mol. The quantitative estimate of drug-likeness (QED) is 0.536. The monoisotopic (exact) mass is 183 g/mol. The maximum atomic E-state index is 11.6. The third kappa shape index (κ3) is 0.703. The highest BCUT2D eigenvalue weighted by Crippen LogP contribution is 2.54. The third-order valence-corrected chi connectivity index (χ3v) is 4.45. The molecule has 2 nitrogen and oxygen atoms in total. The van der Waals surface area contributed by atoms with Crippen LogP contribution in [-0.4, -0.2) is 16.2 Å². The van der Waals surface area contributed by atoms with Crippen molar-refractivity contribution < 1.29 is 4.79 Å². The van der Waals surface area contributed by atoms with Crippen molar-refractivity contribution in [2.24, 2.45) is 5.41 Å². The Hall–Kier alpha value is -0.440. The van der Waals surface area contributed by atoms with Gasteiger partial charge >= 0.3 is 0 Å². The molecule has 0 aromatic rings. The number of rotatable bonds is 0. The first-order valence-corrected chi connectivity index (χ1v) is 5.02. The van der Waals surface area contributed by atoms with Gasteiger partial charge in [-0.3, -0.25) is 4.79 Å². The van der Waals surface area contributed by atoms with E-state index in [1.165, 1.54) is 4.91 Å². The van der Waals surface area contributed by atoms with E-state index in [-0.39, 0.29) is 11.3 Å². The number of hydrogen-bond acceptors (Lipinski definition) is 2. The maximum absolute atomic E-state index is 11.6. The van der Waals surface area contributed by atoms with Gasteiger partial charge in [-0.2, -0.15) is 0 Å². The summed E-state index contributed by atoms with van der Waals surface area (Å²) in [5, 5.41) is 0.366. The number of nitrogens with zero attached hydrogens (tertiary/aromatic N) is 1. The molecule has 0 saturated carbocycles. The summed E-state index contributed by atoms with van der Waals surface area (Å²) < 4.78 is 0. The number of thioether (sulfide) groups is 1. The zero-order valence-corrected chi connectivity index (χ0v) is 8.66. The molecule has 0 unspecified atom stereocenters. The van der Waals surface area contributed by atoms with E-state index >= 15 is 0 Å². The Balaban J connectivity index is 2.33. The van der Waals surface area contributed by atoms with Gasteiger partial charge in [-0.1, -0.05) is 0 Å². The zero-order chi connectivity index (χ0) is 9.09. The fourth-order valence-corrected chi connectivity index (χ4v) is 3.09. The smallest absolute Gasteiger partial charge is 0.236 e. The Morgan fingerprint density at radius 1 is 1.42 bits per heavy atom. The lowest BCUT2D eigenvalue weighted by molar-refractivity contribution is -0.155. The summed E-state index contributed by atoms with van der Waals surface area (Å²) in [6.45, 7) is 8.15. The number of carbonyl (C=O) groups is 1. The van der Waals surface area contributed by atoms with Gasteiger partial charge in [-0.05, 0) is 27.7 Å². The van der Waals surface area contributed by atoms with E-state index in [1.54, 1.807) is 0 Å². The Morgan fingerprint density at radius 2 is 2.00 bits per heavy atom. The summed E-state index contributed by atoms with van der Waals surface area (Å²) in [4.78, 5) is 14.8. The lowest BCUT2D eigenvalue weighted by Gasteiger charge is -2.48. The molecule has 1 fully saturated rings. The van der Waals surface area contributed by atoms with Crippen molar-refractivity contribution >= 4 is 17.7 Å². The molecule has 0 radical (unpaired) electrons. The van der Waals surface area contributed by atoms with Crippen LogP contribution in [0.2, 0.25) is 0 Å². The first kappa shape index (κ1) is 8.17. The lowest BCUT2D eigenvalue weighted by atomic mass is 9.82. The van der Waals surface area contributed by atoms with Crippen LogP contribution in [0, 0.1) is 5.41 Å². The minimum atomic E-state index is -0.149. The normalized spacial score (nSPS) is 32.2. The fourth-order valence-electron chi connectivity index (χ4n) is 1.73. The van der Waals surface area contributed by atoms with Crippen molar-refractivity contribution in [2.45, 2.75) is 33.1 Å². The van der Waals surface area contributed by atoms with Gasteiger partial charge in [0, 0.05) is 10.6 Å². The van der Waals surface area contributed by atoms with Crippen LogP contribution in [0.3, 0.4) is 0 Å². The van der Waals surface area contributed by atoms with Crippen LogP contribution in [-0.2, 0) is 4.79 Å². The summed E-state index contributed by atoms with van der Waals surface area (Å²) in [5.41, 5.74) is 0.998. The number of allylic oxidation sites excluding steroid dienone is 2. The van der Waals surface area contributed by atoms with Crippen LogP contribution in [0.15, 0.2) is 10.6 Å². The van der Waals surface area contributed by atoms with Crippen molar-refractivity contribution in [3.63, 3.8) is 0 Å². The van der Waals surface area contributed by atoms with Crippen molar-refractivity contribution in [2.75, 3.05) is 0 Å². The average molecular weight is 183 g/mol. The maximum Gasteiger partial charge on any atom is 0.236 e. The number of amides is 1. The molecule has 0 bridgehead atoms. The van der Waals surface area contributed by atoms with Crippen LogP contribution < -0.4 is 0 Å². The van der Waals surface area contributed by atoms with E-state index < -0.39 is 0 Å². The van der Waals surface area contributed by atoms with Gasteiger partial charge in [0.05, 0.1) is 5.41 Å². The summed E-state index contributed by atoms with van der Waals surface area (Å²) in [5.74, 6) is 0.273. The molecular formula is C9H13NOS. The molecule has 0 aromatic carbocycles. The molecule has 3 heteroatoms. The topological polar surface area (TPSA) is 20.3 Å². The van der Waals surface area contributed by atoms with Crippen molar-refractivity contribution in [1.82, 2.24) is 4.90 Å². The van der Waals surface area contributed by atoms with Crippen LogP contribution in [0.1, 0.15) is 27.7 Å². The van der Waals surface area contributed by atoms with Gasteiger partial charge in [-0.25, -0.2) is 0 Å². The first-order valence-electron chi connectivity index (χ1n) is 4.14. The number of β-lactam (4-membered cyclic amide) rings is 1. The average Bonchev–Trinajstić information content (AvgIpc) is 2.28. The molecule has 2 aliphatic rings. The summed E-state index contributed by atoms with van der Waals surface area (Å²) in [6.07, 6.45) is 0. The number of fused-ring (bicyclic) bond motifs is 1. The third-order valence-electron chi connectivity index (χ3n) is 2.78. The minimum absolute atomic E-state index is 0.149. The SMILES string of the molecule is CC1=C(C)N2C(=O)C(C)(C)[C@@H]2S1. The second kappa shape index (κ2) is 2.08. The number of hydrogen-bond donors (Lipinski definition) is 0. The largest absolute Gasteiger partial charge is 0.301 e.